The average Bonchev–Trinajstić information content (AvgIpc) is 3.20. The number of imidazole rings is 1. The zero-order valence-corrected chi connectivity index (χ0v) is 11.1. The predicted octanol–water partition coefficient (Wildman–Crippen LogP) is 1.36. The molecule has 0 spiro atoms. The molecule has 0 saturated heterocycles. The summed E-state index contributed by atoms with van der Waals surface area (Å²) in [7, 11) is 0. The van der Waals surface area contributed by atoms with Crippen LogP contribution in [0.4, 0.5) is 0 Å². The number of furan rings is 1. The quantitative estimate of drug-likeness (QED) is 0.764. The molecule has 7 heteroatoms. The Balaban J connectivity index is 1.62. The minimum Gasteiger partial charge on any atom is -0.459 e. The van der Waals surface area contributed by atoms with Gasteiger partial charge in [-0.1, -0.05) is 0 Å². The van der Waals surface area contributed by atoms with Gasteiger partial charge in [-0.25, -0.2) is 9.97 Å². The first kappa shape index (κ1) is 13.0. The number of hydrogen-bond acceptors (Lipinski definition) is 5. The molecule has 21 heavy (non-hydrogen) atoms. The van der Waals surface area contributed by atoms with E-state index in [1.165, 1.54) is 6.26 Å². The third-order valence-corrected chi connectivity index (χ3v) is 2.89. The van der Waals surface area contributed by atoms with Crippen molar-refractivity contribution in [3.63, 3.8) is 0 Å². The second-order valence-electron chi connectivity index (χ2n) is 4.27. The molecule has 0 aliphatic rings. The van der Waals surface area contributed by atoms with E-state index in [4.69, 9.17) is 4.42 Å². The monoisotopic (exact) mass is 283 g/mol. The molecule has 0 aromatic carbocycles. The molecule has 0 saturated carbocycles. The molecule has 0 fully saturated rings. The summed E-state index contributed by atoms with van der Waals surface area (Å²) in [5.74, 6) is 0.784. The molecular weight excluding hydrogens is 270 g/mol. The zero-order valence-electron chi connectivity index (χ0n) is 11.1. The van der Waals surface area contributed by atoms with Crippen LogP contribution in [-0.2, 0) is 6.54 Å². The van der Waals surface area contributed by atoms with Gasteiger partial charge in [-0.05, 0) is 12.1 Å². The smallest absolute Gasteiger partial charge is 0.287 e. The van der Waals surface area contributed by atoms with Gasteiger partial charge in [0.2, 0.25) is 0 Å². The van der Waals surface area contributed by atoms with Crippen LogP contribution >= 0.6 is 0 Å². The van der Waals surface area contributed by atoms with Crippen molar-refractivity contribution in [2.75, 3.05) is 6.54 Å². The Morgan fingerprint density at radius 2 is 2.24 bits per heavy atom. The minimum atomic E-state index is -0.235. The van der Waals surface area contributed by atoms with Gasteiger partial charge >= 0.3 is 0 Å². The minimum absolute atomic E-state index is 0.235. The van der Waals surface area contributed by atoms with Crippen molar-refractivity contribution in [1.29, 1.82) is 0 Å². The van der Waals surface area contributed by atoms with Crippen molar-refractivity contribution >= 4 is 5.91 Å². The Morgan fingerprint density at radius 3 is 3.00 bits per heavy atom. The standard InChI is InChI=1S/C14H13N5O2/c20-14(12-2-1-9-21-12)18-6-8-19-7-5-17-13(19)11-10-15-3-4-16-11/h1-5,7,9-10H,6,8H2,(H,18,20). The summed E-state index contributed by atoms with van der Waals surface area (Å²) in [4.78, 5) is 24.2. The van der Waals surface area contributed by atoms with Crippen LogP contribution in [0.2, 0.25) is 0 Å². The normalized spacial score (nSPS) is 10.5. The molecule has 3 heterocycles. The van der Waals surface area contributed by atoms with E-state index in [-0.39, 0.29) is 5.91 Å². The second-order valence-corrected chi connectivity index (χ2v) is 4.27. The van der Waals surface area contributed by atoms with E-state index < -0.39 is 0 Å². The first-order chi connectivity index (χ1) is 10.3. The van der Waals surface area contributed by atoms with Crippen LogP contribution in [0.1, 0.15) is 10.6 Å². The van der Waals surface area contributed by atoms with Crippen LogP contribution in [0.3, 0.4) is 0 Å². The molecule has 7 nitrogen and oxygen atoms in total. The lowest BCUT2D eigenvalue weighted by atomic mass is 10.4. The van der Waals surface area contributed by atoms with E-state index in [9.17, 15) is 4.79 Å². The lowest BCUT2D eigenvalue weighted by molar-refractivity contribution is 0.0924. The number of carbonyl (C=O) groups excluding carboxylic acids is 1. The fourth-order valence-corrected chi connectivity index (χ4v) is 1.92. The zero-order chi connectivity index (χ0) is 14.5. The van der Waals surface area contributed by atoms with E-state index in [0.717, 1.165) is 5.82 Å². The summed E-state index contributed by atoms with van der Waals surface area (Å²) < 4.78 is 6.94. The van der Waals surface area contributed by atoms with Gasteiger partial charge < -0.3 is 14.3 Å². The summed E-state index contributed by atoms with van der Waals surface area (Å²) in [6.45, 7) is 1.04. The molecule has 106 valence electrons. The first-order valence-corrected chi connectivity index (χ1v) is 6.44. The number of nitrogens with one attached hydrogen (secondary N) is 1. The predicted molar refractivity (Wildman–Crippen MR) is 74.3 cm³/mol. The molecule has 3 aromatic rings. The lowest BCUT2D eigenvalue weighted by Crippen LogP contribution is -2.26. The molecule has 1 N–H and O–H groups in total. The summed E-state index contributed by atoms with van der Waals surface area (Å²) in [6, 6.07) is 3.30. The highest BCUT2D eigenvalue weighted by Gasteiger charge is 2.09. The second kappa shape index (κ2) is 6.00. The van der Waals surface area contributed by atoms with Crippen LogP contribution < -0.4 is 5.32 Å². The Kier molecular flexibility index (Phi) is 3.72. The van der Waals surface area contributed by atoms with Gasteiger partial charge in [-0.3, -0.25) is 9.78 Å². The summed E-state index contributed by atoms with van der Waals surface area (Å²) in [5.41, 5.74) is 0.694. The third kappa shape index (κ3) is 2.97. The van der Waals surface area contributed by atoms with Crippen molar-refractivity contribution in [2.45, 2.75) is 6.54 Å². The van der Waals surface area contributed by atoms with Crippen molar-refractivity contribution < 1.29 is 9.21 Å². The number of carbonyl (C=O) groups is 1. The van der Waals surface area contributed by atoms with E-state index in [1.807, 2.05) is 10.8 Å². The first-order valence-electron chi connectivity index (χ1n) is 6.44. The van der Waals surface area contributed by atoms with Crippen molar-refractivity contribution in [3.8, 4) is 11.5 Å². The molecule has 0 bridgehead atoms. The largest absolute Gasteiger partial charge is 0.459 e. The average molecular weight is 283 g/mol. The molecule has 0 atom stereocenters. The molecule has 0 aliphatic carbocycles. The van der Waals surface area contributed by atoms with Gasteiger partial charge in [0.15, 0.2) is 11.6 Å². The van der Waals surface area contributed by atoms with Crippen LogP contribution in [0.5, 0.6) is 0 Å². The molecule has 0 unspecified atom stereocenters. The van der Waals surface area contributed by atoms with Crippen LogP contribution in [0.15, 0.2) is 53.8 Å². The van der Waals surface area contributed by atoms with E-state index in [0.29, 0.717) is 24.5 Å². The van der Waals surface area contributed by atoms with Gasteiger partial charge in [0.1, 0.15) is 5.69 Å². The van der Waals surface area contributed by atoms with Gasteiger partial charge in [0.05, 0.1) is 12.5 Å². The van der Waals surface area contributed by atoms with Gasteiger partial charge in [-0.2, -0.15) is 0 Å². The Hall–Kier alpha value is -2.96. The molecule has 3 rings (SSSR count). The maximum Gasteiger partial charge on any atom is 0.287 e. The number of amides is 1. The van der Waals surface area contributed by atoms with Crippen LogP contribution in [0, 0.1) is 0 Å². The topological polar surface area (TPSA) is 85.8 Å². The Morgan fingerprint density at radius 1 is 1.29 bits per heavy atom. The van der Waals surface area contributed by atoms with Crippen molar-refractivity contribution in [1.82, 2.24) is 24.8 Å². The molecule has 0 aliphatic heterocycles. The SMILES string of the molecule is O=C(NCCn1ccnc1-c1cnccn1)c1ccco1. The fourth-order valence-electron chi connectivity index (χ4n) is 1.92. The molecule has 1 amide bonds. The van der Waals surface area contributed by atoms with E-state index >= 15 is 0 Å². The maximum absolute atomic E-state index is 11.7. The number of rotatable bonds is 5. The number of hydrogen-bond donors (Lipinski definition) is 1. The molecule has 0 radical (unpaired) electrons. The van der Waals surface area contributed by atoms with Crippen LogP contribution in [-0.4, -0.2) is 32.0 Å². The summed E-state index contributed by atoms with van der Waals surface area (Å²) >= 11 is 0. The maximum atomic E-state index is 11.7. The highest BCUT2D eigenvalue weighted by atomic mass is 16.3. The van der Waals surface area contributed by atoms with Crippen molar-refractivity contribution in [3.05, 3.63) is 55.1 Å². The van der Waals surface area contributed by atoms with E-state index in [2.05, 4.69) is 20.3 Å². The summed E-state index contributed by atoms with van der Waals surface area (Å²) in [6.07, 6.45) is 9.88. The van der Waals surface area contributed by atoms with E-state index in [1.54, 1.807) is 36.9 Å². The summed E-state index contributed by atoms with van der Waals surface area (Å²) in [5, 5.41) is 2.78. The Labute approximate surface area is 120 Å². The fraction of sp³-hybridized carbons (Fsp3) is 0.143. The Bertz CT molecular complexity index is 706. The lowest BCUT2D eigenvalue weighted by Gasteiger charge is -2.07. The highest BCUT2D eigenvalue weighted by Crippen LogP contribution is 2.12. The van der Waals surface area contributed by atoms with Crippen LogP contribution in [0.25, 0.3) is 11.5 Å². The molecule has 3 aromatic heterocycles. The van der Waals surface area contributed by atoms with Gasteiger partial charge in [-0.15, -0.1) is 0 Å². The number of nitrogens with zero attached hydrogens (tertiary/aromatic N) is 4. The third-order valence-electron chi connectivity index (χ3n) is 2.89. The van der Waals surface area contributed by atoms with Crippen molar-refractivity contribution in [2.24, 2.45) is 0 Å². The highest BCUT2D eigenvalue weighted by molar-refractivity contribution is 5.91. The molecular formula is C14H13N5O2. The van der Waals surface area contributed by atoms with Gasteiger partial charge in [0, 0.05) is 37.9 Å². The number of aromatic nitrogens is 4. The van der Waals surface area contributed by atoms with Gasteiger partial charge in [0.25, 0.3) is 5.91 Å².